The van der Waals surface area contributed by atoms with E-state index in [2.05, 4.69) is 53.8 Å². The number of amides is 1. The van der Waals surface area contributed by atoms with Gasteiger partial charge in [0.25, 0.3) is 0 Å². The average Bonchev–Trinajstić information content (AvgIpc) is 2.80. The smallest absolute Gasteiger partial charge is 0.411 e. The second-order valence-electron chi connectivity index (χ2n) is 13.0. The van der Waals surface area contributed by atoms with Gasteiger partial charge in [0.15, 0.2) is 0 Å². The van der Waals surface area contributed by atoms with E-state index >= 15 is 0 Å². The Morgan fingerprint density at radius 2 is 1.08 bits per heavy atom. The summed E-state index contributed by atoms with van der Waals surface area (Å²) in [5.74, 6) is 0.268. The number of carbonyl (C=O) groups is 1. The Kier molecular flexibility index (Phi) is 16.0. The highest BCUT2D eigenvalue weighted by atomic mass is 16.5. The van der Waals surface area contributed by atoms with Crippen LogP contribution in [0.25, 0.3) is 0 Å². The first-order valence-electron chi connectivity index (χ1n) is 15.3. The molecule has 214 valence electrons. The van der Waals surface area contributed by atoms with Gasteiger partial charge in [-0.2, -0.15) is 0 Å². The standard InChI is InChI=1S/C33H59NO3/c1-8-9-10-11-12-13-14-15-16-17-18-19-20-21-22-23-24-37-31(36)34-29-25-28(33(5,6)7)30(35)26-27(29)32(2,3)4/h25-26,35H,8-24H2,1-7H3,(H,34,36). The fourth-order valence-electron chi connectivity index (χ4n) is 4.87. The molecule has 0 aliphatic heterocycles. The molecule has 37 heavy (non-hydrogen) atoms. The lowest BCUT2D eigenvalue weighted by Crippen LogP contribution is -2.21. The first-order chi connectivity index (χ1) is 17.5. The van der Waals surface area contributed by atoms with E-state index in [1.54, 1.807) is 6.07 Å². The monoisotopic (exact) mass is 517 g/mol. The molecule has 0 atom stereocenters. The van der Waals surface area contributed by atoms with Crippen LogP contribution in [0.3, 0.4) is 0 Å². The maximum atomic E-state index is 12.5. The molecule has 0 aromatic heterocycles. The minimum atomic E-state index is -0.419. The number of ether oxygens (including phenoxy) is 1. The summed E-state index contributed by atoms with van der Waals surface area (Å²) in [4.78, 5) is 12.5. The second-order valence-corrected chi connectivity index (χ2v) is 13.0. The molecule has 0 saturated carbocycles. The number of rotatable bonds is 18. The number of carbonyl (C=O) groups excluding carboxylic acids is 1. The zero-order valence-corrected chi connectivity index (χ0v) is 25.4. The Labute approximate surface area is 229 Å². The minimum Gasteiger partial charge on any atom is -0.508 e. The number of hydrogen-bond donors (Lipinski definition) is 2. The predicted molar refractivity (Wildman–Crippen MR) is 160 cm³/mol. The van der Waals surface area contributed by atoms with Crippen LogP contribution >= 0.6 is 0 Å². The summed E-state index contributed by atoms with van der Waals surface area (Å²) in [6, 6.07) is 3.68. The molecule has 0 aliphatic carbocycles. The lowest BCUT2D eigenvalue weighted by molar-refractivity contribution is 0.159. The molecule has 0 radical (unpaired) electrons. The lowest BCUT2D eigenvalue weighted by Gasteiger charge is -2.27. The number of benzene rings is 1. The number of aromatic hydroxyl groups is 1. The fourth-order valence-corrected chi connectivity index (χ4v) is 4.87. The van der Waals surface area contributed by atoms with Crippen molar-refractivity contribution in [3.63, 3.8) is 0 Å². The van der Waals surface area contributed by atoms with Gasteiger partial charge >= 0.3 is 6.09 Å². The third kappa shape index (κ3) is 14.7. The van der Waals surface area contributed by atoms with Gasteiger partial charge in [-0.3, -0.25) is 5.32 Å². The normalized spacial score (nSPS) is 12.1. The zero-order valence-electron chi connectivity index (χ0n) is 25.4. The molecule has 0 aliphatic rings. The quantitative estimate of drug-likeness (QED) is 0.150. The van der Waals surface area contributed by atoms with E-state index in [1.807, 2.05) is 6.07 Å². The molecule has 4 nitrogen and oxygen atoms in total. The molecule has 0 fully saturated rings. The molecule has 4 heteroatoms. The van der Waals surface area contributed by atoms with E-state index in [0.29, 0.717) is 12.3 Å². The van der Waals surface area contributed by atoms with E-state index in [4.69, 9.17) is 4.74 Å². The van der Waals surface area contributed by atoms with E-state index < -0.39 is 6.09 Å². The van der Waals surface area contributed by atoms with E-state index in [1.165, 1.54) is 89.9 Å². The van der Waals surface area contributed by atoms with Gasteiger partial charge < -0.3 is 9.84 Å². The van der Waals surface area contributed by atoms with E-state index in [9.17, 15) is 9.90 Å². The van der Waals surface area contributed by atoms with Crippen molar-refractivity contribution in [2.24, 2.45) is 0 Å². The number of anilines is 1. The average molecular weight is 518 g/mol. The molecule has 1 amide bonds. The maximum absolute atomic E-state index is 12.5. The highest BCUT2D eigenvalue weighted by Gasteiger charge is 2.26. The molecular weight excluding hydrogens is 458 g/mol. The Morgan fingerprint density at radius 1 is 0.676 bits per heavy atom. The van der Waals surface area contributed by atoms with Crippen LogP contribution in [-0.4, -0.2) is 17.8 Å². The molecule has 0 spiro atoms. The second kappa shape index (κ2) is 17.7. The number of nitrogens with one attached hydrogen (secondary N) is 1. The van der Waals surface area contributed by atoms with Crippen molar-refractivity contribution in [3.05, 3.63) is 23.3 Å². The summed E-state index contributed by atoms with van der Waals surface area (Å²) in [7, 11) is 0. The van der Waals surface area contributed by atoms with Crippen molar-refractivity contribution in [2.75, 3.05) is 11.9 Å². The minimum absolute atomic E-state index is 0.218. The fraction of sp³-hybridized carbons (Fsp3) is 0.788. The van der Waals surface area contributed by atoms with Crippen LogP contribution in [0.1, 0.15) is 162 Å². The van der Waals surface area contributed by atoms with Crippen molar-refractivity contribution < 1.29 is 14.6 Å². The van der Waals surface area contributed by atoms with Crippen LogP contribution in [0, 0.1) is 0 Å². The predicted octanol–water partition coefficient (Wildman–Crippen LogP) is 10.8. The molecule has 0 unspecified atom stereocenters. The summed E-state index contributed by atoms with van der Waals surface area (Å²) < 4.78 is 5.48. The summed E-state index contributed by atoms with van der Waals surface area (Å²) in [6.45, 7) is 15.1. The van der Waals surface area contributed by atoms with E-state index in [0.717, 1.165) is 24.0 Å². The van der Waals surface area contributed by atoms with Crippen molar-refractivity contribution in [2.45, 2.75) is 162 Å². The van der Waals surface area contributed by atoms with Crippen molar-refractivity contribution in [1.29, 1.82) is 0 Å². The maximum Gasteiger partial charge on any atom is 0.411 e. The summed E-state index contributed by atoms with van der Waals surface area (Å²) in [5, 5.41) is 13.5. The first-order valence-corrected chi connectivity index (χ1v) is 15.3. The Bertz CT molecular complexity index is 758. The van der Waals surface area contributed by atoms with Crippen LogP contribution in [0.15, 0.2) is 12.1 Å². The summed E-state index contributed by atoms with van der Waals surface area (Å²) >= 11 is 0. The van der Waals surface area contributed by atoms with Crippen LogP contribution in [0.4, 0.5) is 10.5 Å². The topological polar surface area (TPSA) is 58.6 Å². The van der Waals surface area contributed by atoms with Crippen LogP contribution < -0.4 is 5.32 Å². The largest absolute Gasteiger partial charge is 0.508 e. The number of phenols is 1. The molecule has 1 rings (SSSR count). The number of phenolic OH excluding ortho intramolecular Hbond substituents is 1. The molecule has 2 N–H and O–H groups in total. The van der Waals surface area contributed by atoms with Gasteiger partial charge in [0.1, 0.15) is 5.75 Å². The molecule has 1 aromatic rings. The van der Waals surface area contributed by atoms with Crippen LogP contribution in [0.5, 0.6) is 5.75 Å². The number of hydrogen-bond acceptors (Lipinski definition) is 3. The Morgan fingerprint density at radius 3 is 1.49 bits per heavy atom. The summed E-state index contributed by atoms with van der Waals surface area (Å²) in [6.07, 6.45) is 20.8. The molecule has 1 aromatic carbocycles. The SMILES string of the molecule is CCCCCCCCCCCCCCCCCCOC(=O)Nc1cc(C(C)(C)C)c(O)cc1C(C)(C)C. The van der Waals surface area contributed by atoms with Gasteiger partial charge in [-0.25, -0.2) is 4.79 Å². The molecule has 0 saturated heterocycles. The molecule has 0 bridgehead atoms. The highest BCUT2D eigenvalue weighted by Crippen LogP contribution is 2.39. The van der Waals surface area contributed by atoms with Gasteiger partial charge in [0.2, 0.25) is 0 Å². The van der Waals surface area contributed by atoms with Gasteiger partial charge in [0.05, 0.1) is 6.61 Å². The third-order valence-corrected chi connectivity index (χ3v) is 7.22. The van der Waals surface area contributed by atoms with Crippen LogP contribution in [0.2, 0.25) is 0 Å². The number of unbranched alkanes of at least 4 members (excludes halogenated alkanes) is 15. The third-order valence-electron chi connectivity index (χ3n) is 7.22. The van der Waals surface area contributed by atoms with Crippen molar-refractivity contribution >= 4 is 11.8 Å². The van der Waals surface area contributed by atoms with E-state index in [-0.39, 0.29) is 16.6 Å². The van der Waals surface area contributed by atoms with Crippen molar-refractivity contribution in [3.8, 4) is 5.75 Å². The lowest BCUT2D eigenvalue weighted by atomic mass is 9.80. The van der Waals surface area contributed by atoms with Gasteiger partial charge in [-0.1, -0.05) is 145 Å². The van der Waals surface area contributed by atoms with Crippen molar-refractivity contribution in [1.82, 2.24) is 0 Å². The zero-order chi connectivity index (χ0) is 27.7. The molecule has 0 heterocycles. The Hall–Kier alpha value is -1.71. The Balaban J connectivity index is 2.18. The first kappa shape index (κ1) is 33.3. The van der Waals surface area contributed by atoms with Gasteiger partial charge in [0, 0.05) is 11.3 Å². The summed E-state index contributed by atoms with van der Waals surface area (Å²) in [5.41, 5.74) is 1.98. The van der Waals surface area contributed by atoms with Gasteiger partial charge in [-0.15, -0.1) is 0 Å². The van der Waals surface area contributed by atoms with Gasteiger partial charge in [-0.05, 0) is 34.9 Å². The molecular formula is C33H59NO3. The highest BCUT2D eigenvalue weighted by molar-refractivity contribution is 5.86. The van der Waals surface area contributed by atoms with Crippen LogP contribution in [-0.2, 0) is 15.6 Å².